The van der Waals surface area contributed by atoms with Gasteiger partial charge < -0.3 is 5.32 Å². The van der Waals surface area contributed by atoms with E-state index in [0.717, 1.165) is 17.1 Å². The van der Waals surface area contributed by atoms with Gasteiger partial charge in [-0.15, -0.1) is 0 Å². The summed E-state index contributed by atoms with van der Waals surface area (Å²) < 4.78 is 0. The molecule has 0 aliphatic carbocycles. The number of nitrogens with zero attached hydrogens (tertiary/aromatic N) is 2. The topological polar surface area (TPSA) is 75.9 Å². The van der Waals surface area contributed by atoms with Gasteiger partial charge in [0.05, 0.1) is 0 Å². The fourth-order valence-electron chi connectivity index (χ4n) is 1.65. The largest absolute Gasteiger partial charge is 0.340 e. The Bertz CT molecular complexity index is 565. The molecule has 0 radical (unpaired) electrons. The standard InChI is InChI=1S/C13H17N5/c1-8-5-4-6-11(10(8)3)16-12-9(2)7-15-13(17-12)18-14/h4-7H,14H2,1-3H3,(H2,15,16,17,18). The SMILES string of the molecule is Cc1cnc(NN)nc1Nc1cccc(C)c1C. The summed E-state index contributed by atoms with van der Waals surface area (Å²) in [5.74, 6) is 6.47. The van der Waals surface area contributed by atoms with Crippen molar-refractivity contribution in [3.05, 3.63) is 41.1 Å². The smallest absolute Gasteiger partial charge is 0.239 e. The lowest BCUT2D eigenvalue weighted by Gasteiger charge is -2.13. The molecule has 0 saturated heterocycles. The number of aryl methyl sites for hydroxylation is 2. The minimum atomic E-state index is 0.397. The summed E-state index contributed by atoms with van der Waals surface area (Å²) in [5, 5.41) is 3.31. The van der Waals surface area contributed by atoms with Crippen LogP contribution in [-0.4, -0.2) is 9.97 Å². The van der Waals surface area contributed by atoms with Crippen molar-refractivity contribution in [1.82, 2.24) is 9.97 Å². The van der Waals surface area contributed by atoms with Gasteiger partial charge in [-0.05, 0) is 38.0 Å². The number of nitrogen functional groups attached to an aromatic ring is 1. The Hall–Kier alpha value is -2.14. The average Bonchev–Trinajstić information content (AvgIpc) is 2.37. The first-order chi connectivity index (χ1) is 8.61. The number of aromatic nitrogens is 2. The molecule has 4 N–H and O–H groups in total. The number of hydrazine groups is 1. The van der Waals surface area contributed by atoms with Gasteiger partial charge in [-0.25, -0.2) is 10.8 Å². The summed E-state index contributed by atoms with van der Waals surface area (Å²) >= 11 is 0. The maximum absolute atomic E-state index is 5.31. The van der Waals surface area contributed by atoms with Gasteiger partial charge in [0.25, 0.3) is 0 Å². The van der Waals surface area contributed by atoms with E-state index >= 15 is 0 Å². The maximum Gasteiger partial charge on any atom is 0.239 e. The third kappa shape index (κ3) is 2.41. The molecule has 0 aliphatic heterocycles. The van der Waals surface area contributed by atoms with Crippen LogP contribution in [0.15, 0.2) is 24.4 Å². The van der Waals surface area contributed by atoms with E-state index in [1.165, 1.54) is 11.1 Å². The van der Waals surface area contributed by atoms with Crippen LogP contribution in [0.3, 0.4) is 0 Å². The molecule has 0 aliphatic rings. The van der Waals surface area contributed by atoms with Gasteiger partial charge in [0.1, 0.15) is 5.82 Å². The summed E-state index contributed by atoms with van der Waals surface area (Å²) in [6.07, 6.45) is 1.73. The quantitative estimate of drug-likeness (QED) is 0.570. The zero-order chi connectivity index (χ0) is 13.1. The Morgan fingerprint density at radius 3 is 2.61 bits per heavy atom. The molecular weight excluding hydrogens is 226 g/mol. The molecule has 5 heteroatoms. The summed E-state index contributed by atoms with van der Waals surface area (Å²) in [6, 6.07) is 6.13. The molecule has 1 aromatic heterocycles. The van der Waals surface area contributed by atoms with Crippen LogP contribution in [0.2, 0.25) is 0 Å². The van der Waals surface area contributed by atoms with Crippen LogP contribution in [0.5, 0.6) is 0 Å². The fourth-order valence-corrected chi connectivity index (χ4v) is 1.65. The van der Waals surface area contributed by atoms with Gasteiger partial charge in [0, 0.05) is 17.4 Å². The number of hydrogen-bond acceptors (Lipinski definition) is 5. The van der Waals surface area contributed by atoms with Gasteiger partial charge >= 0.3 is 0 Å². The highest BCUT2D eigenvalue weighted by Gasteiger charge is 2.06. The minimum absolute atomic E-state index is 0.397. The Morgan fingerprint density at radius 2 is 1.89 bits per heavy atom. The highest BCUT2D eigenvalue weighted by Crippen LogP contribution is 2.23. The first-order valence-electron chi connectivity index (χ1n) is 5.75. The highest BCUT2D eigenvalue weighted by atomic mass is 15.3. The third-order valence-corrected chi connectivity index (χ3v) is 2.96. The minimum Gasteiger partial charge on any atom is -0.340 e. The lowest BCUT2D eigenvalue weighted by molar-refractivity contribution is 1.09. The Kier molecular flexibility index (Phi) is 3.43. The van der Waals surface area contributed by atoms with E-state index in [0.29, 0.717) is 5.95 Å². The molecule has 2 aromatic rings. The molecule has 0 unspecified atom stereocenters. The molecule has 0 saturated carbocycles. The molecule has 5 nitrogen and oxygen atoms in total. The first kappa shape index (κ1) is 12.3. The molecule has 1 heterocycles. The van der Waals surface area contributed by atoms with E-state index in [1.54, 1.807) is 6.20 Å². The fraction of sp³-hybridized carbons (Fsp3) is 0.231. The van der Waals surface area contributed by atoms with Crippen molar-refractivity contribution in [2.75, 3.05) is 10.7 Å². The normalized spacial score (nSPS) is 10.2. The van der Waals surface area contributed by atoms with Crippen LogP contribution in [0.25, 0.3) is 0 Å². The number of rotatable bonds is 3. The molecule has 94 valence electrons. The number of hydrogen-bond donors (Lipinski definition) is 3. The van der Waals surface area contributed by atoms with E-state index in [-0.39, 0.29) is 0 Å². The van der Waals surface area contributed by atoms with E-state index in [9.17, 15) is 0 Å². The van der Waals surface area contributed by atoms with Gasteiger partial charge in [-0.3, -0.25) is 5.43 Å². The summed E-state index contributed by atoms with van der Waals surface area (Å²) in [4.78, 5) is 8.35. The molecule has 0 fully saturated rings. The van der Waals surface area contributed by atoms with Crippen molar-refractivity contribution >= 4 is 17.5 Å². The zero-order valence-corrected chi connectivity index (χ0v) is 10.8. The number of nitrogens with one attached hydrogen (secondary N) is 2. The maximum atomic E-state index is 5.31. The summed E-state index contributed by atoms with van der Waals surface area (Å²) in [6.45, 7) is 6.12. The summed E-state index contributed by atoms with van der Waals surface area (Å²) in [5.41, 5.74) is 6.90. The number of anilines is 3. The second kappa shape index (κ2) is 5.01. The van der Waals surface area contributed by atoms with Crippen molar-refractivity contribution in [3.63, 3.8) is 0 Å². The second-order valence-corrected chi connectivity index (χ2v) is 4.24. The monoisotopic (exact) mass is 243 g/mol. The number of benzene rings is 1. The molecule has 18 heavy (non-hydrogen) atoms. The van der Waals surface area contributed by atoms with E-state index < -0.39 is 0 Å². The van der Waals surface area contributed by atoms with Gasteiger partial charge in [0.2, 0.25) is 5.95 Å². The second-order valence-electron chi connectivity index (χ2n) is 4.24. The van der Waals surface area contributed by atoms with Crippen molar-refractivity contribution in [2.45, 2.75) is 20.8 Å². The molecule has 0 atom stereocenters. The zero-order valence-electron chi connectivity index (χ0n) is 10.8. The highest BCUT2D eigenvalue weighted by molar-refractivity contribution is 5.64. The van der Waals surface area contributed by atoms with Crippen LogP contribution in [0, 0.1) is 20.8 Å². The van der Waals surface area contributed by atoms with Crippen LogP contribution < -0.4 is 16.6 Å². The lowest BCUT2D eigenvalue weighted by Crippen LogP contribution is -2.11. The van der Waals surface area contributed by atoms with Crippen molar-refractivity contribution in [3.8, 4) is 0 Å². The van der Waals surface area contributed by atoms with E-state index in [1.807, 2.05) is 19.1 Å². The Labute approximate surface area is 106 Å². The van der Waals surface area contributed by atoms with Crippen molar-refractivity contribution < 1.29 is 0 Å². The average molecular weight is 243 g/mol. The number of nitrogens with two attached hydrogens (primary N) is 1. The Morgan fingerprint density at radius 1 is 1.11 bits per heavy atom. The Balaban J connectivity index is 2.36. The molecule has 0 spiro atoms. The predicted octanol–water partition coefficient (Wildman–Crippen LogP) is 2.43. The molecule has 0 amide bonds. The molecule has 2 rings (SSSR count). The van der Waals surface area contributed by atoms with E-state index in [4.69, 9.17) is 5.84 Å². The van der Waals surface area contributed by atoms with E-state index in [2.05, 4.69) is 40.6 Å². The van der Waals surface area contributed by atoms with Crippen LogP contribution >= 0.6 is 0 Å². The van der Waals surface area contributed by atoms with Crippen LogP contribution in [0.1, 0.15) is 16.7 Å². The third-order valence-electron chi connectivity index (χ3n) is 2.96. The first-order valence-corrected chi connectivity index (χ1v) is 5.75. The molecule has 1 aromatic carbocycles. The molecular formula is C13H17N5. The van der Waals surface area contributed by atoms with Gasteiger partial charge in [0.15, 0.2) is 0 Å². The van der Waals surface area contributed by atoms with Crippen LogP contribution in [0.4, 0.5) is 17.5 Å². The molecule has 0 bridgehead atoms. The lowest BCUT2D eigenvalue weighted by atomic mass is 10.1. The predicted molar refractivity (Wildman–Crippen MR) is 73.8 cm³/mol. The van der Waals surface area contributed by atoms with Gasteiger partial charge in [-0.2, -0.15) is 4.98 Å². The summed E-state index contributed by atoms with van der Waals surface area (Å²) in [7, 11) is 0. The van der Waals surface area contributed by atoms with Crippen molar-refractivity contribution in [1.29, 1.82) is 0 Å². The van der Waals surface area contributed by atoms with Gasteiger partial charge in [-0.1, -0.05) is 12.1 Å². The van der Waals surface area contributed by atoms with Crippen molar-refractivity contribution in [2.24, 2.45) is 5.84 Å². The van der Waals surface area contributed by atoms with Crippen LogP contribution in [-0.2, 0) is 0 Å².